The highest BCUT2D eigenvalue weighted by Crippen LogP contribution is 2.20. The number of benzene rings is 3. The van der Waals surface area contributed by atoms with E-state index in [9.17, 15) is 9.18 Å². The van der Waals surface area contributed by atoms with Gasteiger partial charge in [0.05, 0.1) is 17.6 Å². The zero-order valence-electron chi connectivity index (χ0n) is 18.8. The Balaban J connectivity index is 1.25. The standard InChI is InChI=1S/C28H30FN3O/c29-24-14-7-6-13-23(24)21-32-26-16-9-8-15-25(26)31-27(32)17-5-2-10-20-30-28(33)19-18-22-11-3-1-4-12-22/h1,3-4,6-9,11-16H,2,5,10,17-21H2,(H,30,33). The number of nitrogens with one attached hydrogen (secondary N) is 1. The monoisotopic (exact) mass is 443 g/mol. The molecule has 0 aliphatic carbocycles. The highest BCUT2D eigenvalue weighted by Gasteiger charge is 2.12. The van der Waals surface area contributed by atoms with E-state index in [1.807, 2.05) is 66.7 Å². The van der Waals surface area contributed by atoms with Crippen LogP contribution in [0.3, 0.4) is 0 Å². The number of fused-ring (bicyclic) bond motifs is 1. The molecule has 4 aromatic rings. The van der Waals surface area contributed by atoms with Gasteiger partial charge in [0.15, 0.2) is 0 Å². The zero-order chi connectivity index (χ0) is 22.9. The van der Waals surface area contributed by atoms with Crippen LogP contribution in [0.25, 0.3) is 11.0 Å². The van der Waals surface area contributed by atoms with Gasteiger partial charge in [0.2, 0.25) is 5.91 Å². The van der Waals surface area contributed by atoms with E-state index >= 15 is 0 Å². The average Bonchev–Trinajstić information content (AvgIpc) is 3.19. The van der Waals surface area contributed by atoms with Gasteiger partial charge >= 0.3 is 0 Å². The summed E-state index contributed by atoms with van der Waals surface area (Å²) < 4.78 is 16.4. The first-order valence-corrected chi connectivity index (χ1v) is 11.7. The number of carbonyl (C=O) groups excluding carboxylic acids is 1. The van der Waals surface area contributed by atoms with Crippen molar-refractivity contribution in [3.05, 3.63) is 102 Å². The van der Waals surface area contributed by atoms with E-state index in [1.165, 1.54) is 11.6 Å². The van der Waals surface area contributed by atoms with Crippen LogP contribution in [-0.2, 0) is 24.2 Å². The van der Waals surface area contributed by atoms with E-state index in [2.05, 4.69) is 9.88 Å². The van der Waals surface area contributed by atoms with Gasteiger partial charge in [-0.3, -0.25) is 4.79 Å². The molecule has 1 amide bonds. The van der Waals surface area contributed by atoms with Gasteiger partial charge in [-0.05, 0) is 43.0 Å². The predicted molar refractivity (Wildman–Crippen MR) is 131 cm³/mol. The molecule has 1 aromatic heterocycles. The van der Waals surface area contributed by atoms with Crippen molar-refractivity contribution in [2.45, 2.75) is 45.1 Å². The summed E-state index contributed by atoms with van der Waals surface area (Å²) in [5.41, 5.74) is 3.82. The van der Waals surface area contributed by atoms with Crippen LogP contribution in [0.2, 0.25) is 0 Å². The molecule has 0 spiro atoms. The molecule has 0 aliphatic rings. The van der Waals surface area contributed by atoms with Gasteiger partial charge in [0.25, 0.3) is 0 Å². The van der Waals surface area contributed by atoms with Crippen LogP contribution in [0.1, 0.15) is 42.6 Å². The third-order valence-electron chi connectivity index (χ3n) is 5.90. The Labute approximate surface area is 194 Å². The number of nitrogens with zero attached hydrogens (tertiary/aromatic N) is 2. The summed E-state index contributed by atoms with van der Waals surface area (Å²) in [5.74, 6) is 0.890. The molecule has 0 fully saturated rings. The van der Waals surface area contributed by atoms with Crippen molar-refractivity contribution >= 4 is 16.9 Å². The zero-order valence-corrected chi connectivity index (χ0v) is 18.8. The molecule has 0 bridgehead atoms. The summed E-state index contributed by atoms with van der Waals surface area (Å²) in [6, 6.07) is 25.0. The quantitative estimate of drug-likeness (QED) is 0.303. The molecule has 4 rings (SSSR count). The second-order valence-electron chi connectivity index (χ2n) is 8.34. The summed E-state index contributed by atoms with van der Waals surface area (Å²) in [5, 5.41) is 3.02. The van der Waals surface area contributed by atoms with Gasteiger partial charge < -0.3 is 9.88 Å². The molecule has 170 valence electrons. The normalized spacial score (nSPS) is 11.1. The average molecular weight is 444 g/mol. The molecule has 0 saturated carbocycles. The number of unbranched alkanes of at least 4 members (excludes halogenated alkanes) is 2. The van der Waals surface area contributed by atoms with Crippen LogP contribution in [0.15, 0.2) is 78.9 Å². The number of aryl methyl sites for hydroxylation is 2. The minimum absolute atomic E-state index is 0.102. The van der Waals surface area contributed by atoms with Crippen molar-refractivity contribution in [1.82, 2.24) is 14.9 Å². The Bertz CT molecular complexity index is 1190. The van der Waals surface area contributed by atoms with Crippen LogP contribution in [-0.4, -0.2) is 22.0 Å². The molecule has 33 heavy (non-hydrogen) atoms. The van der Waals surface area contributed by atoms with Gasteiger partial charge in [-0.2, -0.15) is 0 Å². The summed E-state index contributed by atoms with van der Waals surface area (Å²) in [6.07, 6.45) is 5.02. The predicted octanol–water partition coefficient (Wildman–Crippen LogP) is 5.69. The topological polar surface area (TPSA) is 46.9 Å². The van der Waals surface area contributed by atoms with Crippen LogP contribution in [0.5, 0.6) is 0 Å². The lowest BCUT2D eigenvalue weighted by molar-refractivity contribution is -0.121. The van der Waals surface area contributed by atoms with E-state index in [4.69, 9.17) is 4.98 Å². The minimum atomic E-state index is -0.191. The van der Waals surface area contributed by atoms with Crippen LogP contribution >= 0.6 is 0 Å². The van der Waals surface area contributed by atoms with Gasteiger partial charge in [-0.1, -0.05) is 67.1 Å². The number of hydrogen-bond donors (Lipinski definition) is 1. The lowest BCUT2D eigenvalue weighted by Crippen LogP contribution is -2.24. The third kappa shape index (κ3) is 6.28. The first kappa shape index (κ1) is 22.7. The SMILES string of the molecule is O=C(CCc1ccccc1)NCCCCCc1nc2ccccc2n1Cc1ccccc1F. The Morgan fingerprint density at radius 1 is 0.848 bits per heavy atom. The molecule has 5 heteroatoms. The summed E-state index contributed by atoms with van der Waals surface area (Å²) >= 11 is 0. The van der Waals surface area contributed by atoms with E-state index < -0.39 is 0 Å². The highest BCUT2D eigenvalue weighted by atomic mass is 19.1. The smallest absolute Gasteiger partial charge is 0.220 e. The van der Waals surface area contributed by atoms with Crippen LogP contribution in [0, 0.1) is 5.82 Å². The van der Waals surface area contributed by atoms with Crippen molar-refractivity contribution < 1.29 is 9.18 Å². The minimum Gasteiger partial charge on any atom is -0.356 e. The molecule has 0 atom stereocenters. The molecule has 0 radical (unpaired) electrons. The number of halogens is 1. The molecule has 1 heterocycles. The molecule has 0 aliphatic heterocycles. The number of para-hydroxylation sites is 2. The number of rotatable bonds is 11. The van der Waals surface area contributed by atoms with Crippen molar-refractivity contribution in [2.75, 3.05) is 6.54 Å². The van der Waals surface area contributed by atoms with Crippen LogP contribution in [0.4, 0.5) is 4.39 Å². The van der Waals surface area contributed by atoms with E-state index in [0.29, 0.717) is 25.1 Å². The number of imidazole rings is 1. The maximum Gasteiger partial charge on any atom is 0.220 e. The van der Waals surface area contributed by atoms with Gasteiger partial charge in [0.1, 0.15) is 11.6 Å². The molecule has 0 unspecified atom stereocenters. The second-order valence-corrected chi connectivity index (χ2v) is 8.34. The summed E-state index contributed by atoms with van der Waals surface area (Å²) in [7, 11) is 0. The molecule has 1 N–H and O–H groups in total. The van der Waals surface area contributed by atoms with Crippen molar-refractivity contribution in [2.24, 2.45) is 0 Å². The number of amides is 1. The second kappa shape index (κ2) is 11.4. The van der Waals surface area contributed by atoms with Gasteiger partial charge in [-0.15, -0.1) is 0 Å². The lowest BCUT2D eigenvalue weighted by Gasteiger charge is -2.10. The fourth-order valence-corrected chi connectivity index (χ4v) is 4.09. The first-order valence-electron chi connectivity index (χ1n) is 11.7. The van der Waals surface area contributed by atoms with E-state index in [0.717, 1.165) is 49.0 Å². The Kier molecular flexibility index (Phi) is 7.85. The Morgan fingerprint density at radius 2 is 1.61 bits per heavy atom. The largest absolute Gasteiger partial charge is 0.356 e. The van der Waals surface area contributed by atoms with E-state index in [-0.39, 0.29) is 11.7 Å². The fraction of sp³-hybridized carbons (Fsp3) is 0.286. The number of carbonyl (C=O) groups is 1. The molecule has 0 saturated heterocycles. The molecular formula is C28H30FN3O. The number of hydrogen-bond acceptors (Lipinski definition) is 2. The summed E-state index contributed by atoms with van der Waals surface area (Å²) in [6.45, 7) is 1.17. The molecular weight excluding hydrogens is 413 g/mol. The first-order chi connectivity index (χ1) is 16.2. The maximum atomic E-state index is 14.3. The lowest BCUT2D eigenvalue weighted by atomic mass is 10.1. The van der Waals surface area contributed by atoms with Crippen molar-refractivity contribution in [1.29, 1.82) is 0 Å². The fourth-order valence-electron chi connectivity index (χ4n) is 4.09. The van der Waals surface area contributed by atoms with Crippen molar-refractivity contribution in [3.8, 4) is 0 Å². The highest BCUT2D eigenvalue weighted by molar-refractivity contribution is 5.76. The Hall–Kier alpha value is -3.47. The number of aromatic nitrogens is 2. The third-order valence-corrected chi connectivity index (χ3v) is 5.90. The molecule has 3 aromatic carbocycles. The van der Waals surface area contributed by atoms with Gasteiger partial charge in [0, 0.05) is 24.9 Å². The molecule has 4 nitrogen and oxygen atoms in total. The van der Waals surface area contributed by atoms with E-state index in [1.54, 1.807) is 6.07 Å². The maximum absolute atomic E-state index is 14.3. The van der Waals surface area contributed by atoms with Gasteiger partial charge in [-0.25, -0.2) is 9.37 Å². The Morgan fingerprint density at radius 3 is 2.45 bits per heavy atom. The van der Waals surface area contributed by atoms with Crippen molar-refractivity contribution in [3.63, 3.8) is 0 Å². The summed E-state index contributed by atoms with van der Waals surface area (Å²) in [4.78, 5) is 16.9. The van der Waals surface area contributed by atoms with Crippen LogP contribution < -0.4 is 5.32 Å².